The van der Waals surface area contributed by atoms with Crippen LogP contribution in [0.5, 0.6) is 5.75 Å². The Morgan fingerprint density at radius 2 is 1.89 bits per heavy atom. The normalized spacial score (nSPS) is 12.6. The minimum absolute atomic E-state index is 0.136. The first kappa shape index (κ1) is 14.2. The van der Waals surface area contributed by atoms with Crippen molar-refractivity contribution in [3.8, 4) is 5.75 Å². The van der Waals surface area contributed by atoms with Gasteiger partial charge in [0, 0.05) is 21.8 Å². The number of rotatable bonds is 5. The molecule has 0 saturated carbocycles. The van der Waals surface area contributed by atoms with Crippen molar-refractivity contribution >= 4 is 22.4 Å². The third-order valence-corrected chi connectivity index (χ3v) is 3.63. The van der Waals surface area contributed by atoms with Crippen molar-refractivity contribution in [2.45, 2.75) is 32.7 Å². The van der Waals surface area contributed by atoms with Crippen molar-refractivity contribution in [2.24, 2.45) is 5.73 Å². The molecule has 0 heterocycles. The molecule has 3 heteroatoms. The number of hydrogen-bond donors (Lipinski definition) is 1. The Kier molecular flexibility index (Phi) is 4.67. The van der Waals surface area contributed by atoms with E-state index in [1.54, 1.807) is 0 Å². The Bertz CT molecular complexity index is 568. The summed E-state index contributed by atoms with van der Waals surface area (Å²) in [6, 6.07) is 10.2. The van der Waals surface area contributed by atoms with Gasteiger partial charge in [-0.05, 0) is 31.4 Å². The number of benzene rings is 2. The van der Waals surface area contributed by atoms with E-state index < -0.39 is 0 Å². The number of hydrogen-bond acceptors (Lipinski definition) is 2. The Hall–Kier alpha value is -1.25. The molecule has 19 heavy (non-hydrogen) atoms. The summed E-state index contributed by atoms with van der Waals surface area (Å²) in [5, 5.41) is 2.86. The fourth-order valence-corrected chi connectivity index (χ4v) is 2.55. The van der Waals surface area contributed by atoms with E-state index in [1.807, 2.05) is 37.3 Å². The molecule has 0 fully saturated rings. The highest BCUT2D eigenvalue weighted by molar-refractivity contribution is 6.35. The molecule has 0 aliphatic carbocycles. The highest BCUT2D eigenvalue weighted by Crippen LogP contribution is 2.35. The summed E-state index contributed by atoms with van der Waals surface area (Å²) in [7, 11) is 0. The molecule has 2 rings (SSSR count). The van der Waals surface area contributed by atoms with Gasteiger partial charge in [-0.25, -0.2) is 0 Å². The van der Waals surface area contributed by atoms with Crippen molar-refractivity contribution < 1.29 is 4.74 Å². The minimum Gasteiger partial charge on any atom is -0.493 e. The zero-order valence-corrected chi connectivity index (χ0v) is 12.2. The van der Waals surface area contributed by atoms with E-state index >= 15 is 0 Å². The molecule has 1 atom stereocenters. The van der Waals surface area contributed by atoms with Gasteiger partial charge in [-0.1, -0.05) is 42.8 Å². The summed E-state index contributed by atoms with van der Waals surface area (Å²) in [5.74, 6) is 0.923. The predicted octanol–water partition coefficient (Wildman–Crippen LogP) is 4.17. The molecule has 1 unspecified atom stereocenters. The number of halogens is 1. The molecule has 2 nitrogen and oxygen atoms in total. The van der Waals surface area contributed by atoms with Gasteiger partial charge in [0.25, 0.3) is 0 Å². The van der Waals surface area contributed by atoms with E-state index in [-0.39, 0.29) is 6.04 Å². The Balaban J connectivity index is 2.58. The molecule has 0 aliphatic heterocycles. The molecule has 0 bridgehead atoms. The number of nitrogens with two attached hydrogens (primary N) is 1. The molecule has 2 aromatic carbocycles. The molecular formula is C16H20ClNO. The molecular weight excluding hydrogens is 258 g/mol. The van der Waals surface area contributed by atoms with Gasteiger partial charge in [-0.15, -0.1) is 0 Å². The Morgan fingerprint density at radius 1 is 1.21 bits per heavy atom. The third-order valence-electron chi connectivity index (χ3n) is 3.32. The highest BCUT2D eigenvalue weighted by atomic mass is 35.5. The van der Waals surface area contributed by atoms with Gasteiger partial charge in [0.15, 0.2) is 0 Å². The van der Waals surface area contributed by atoms with Crippen LogP contribution in [0.15, 0.2) is 30.3 Å². The van der Waals surface area contributed by atoms with Crippen LogP contribution in [0.25, 0.3) is 10.8 Å². The van der Waals surface area contributed by atoms with E-state index in [9.17, 15) is 0 Å². The second kappa shape index (κ2) is 6.27. The molecule has 0 spiro atoms. The lowest BCUT2D eigenvalue weighted by Crippen LogP contribution is -2.21. The lowest BCUT2D eigenvalue weighted by atomic mass is 9.99. The van der Waals surface area contributed by atoms with Crippen molar-refractivity contribution in [1.82, 2.24) is 0 Å². The smallest absolute Gasteiger partial charge is 0.130 e. The van der Waals surface area contributed by atoms with Crippen LogP contribution >= 0.6 is 11.6 Å². The SMILES string of the molecule is CCOc1c(CC(N)CC)cc(Cl)c2ccccc12. The summed E-state index contributed by atoms with van der Waals surface area (Å²) >= 11 is 6.36. The van der Waals surface area contributed by atoms with Gasteiger partial charge in [-0.2, -0.15) is 0 Å². The summed E-state index contributed by atoms with van der Waals surface area (Å²) in [6.07, 6.45) is 1.73. The average Bonchev–Trinajstić information content (AvgIpc) is 2.43. The van der Waals surface area contributed by atoms with Crippen molar-refractivity contribution in [2.75, 3.05) is 6.61 Å². The average molecular weight is 278 g/mol. The van der Waals surface area contributed by atoms with Crippen LogP contribution in [0.3, 0.4) is 0 Å². The topological polar surface area (TPSA) is 35.2 Å². The molecule has 0 aromatic heterocycles. The lowest BCUT2D eigenvalue weighted by molar-refractivity contribution is 0.339. The monoisotopic (exact) mass is 277 g/mol. The van der Waals surface area contributed by atoms with Gasteiger partial charge in [0.05, 0.1) is 6.61 Å². The maximum atomic E-state index is 6.36. The van der Waals surface area contributed by atoms with Gasteiger partial charge in [0.1, 0.15) is 5.75 Å². The van der Waals surface area contributed by atoms with Crippen molar-refractivity contribution in [1.29, 1.82) is 0 Å². The molecule has 0 radical (unpaired) electrons. The van der Waals surface area contributed by atoms with E-state index in [2.05, 4.69) is 6.92 Å². The first-order valence-corrected chi connectivity index (χ1v) is 7.13. The number of ether oxygens (including phenoxy) is 1. The van der Waals surface area contributed by atoms with Crippen LogP contribution in [0, 0.1) is 0 Å². The molecule has 0 amide bonds. The summed E-state index contributed by atoms with van der Waals surface area (Å²) in [6.45, 7) is 4.72. The fourth-order valence-electron chi connectivity index (χ4n) is 2.25. The summed E-state index contributed by atoms with van der Waals surface area (Å²) in [5.41, 5.74) is 7.16. The standard InChI is InChI=1S/C16H20ClNO/c1-3-12(18)9-11-10-15(17)13-7-5-6-8-14(13)16(11)19-4-2/h5-8,10,12H,3-4,9,18H2,1-2H3. The largest absolute Gasteiger partial charge is 0.493 e. The molecule has 2 N–H and O–H groups in total. The third kappa shape index (κ3) is 3.02. The van der Waals surface area contributed by atoms with E-state index in [0.29, 0.717) is 6.61 Å². The quantitative estimate of drug-likeness (QED) is 0.890. The first-order chi connectivity index (χ1) is 9.17. The number of fused-ring (bicyclic) bond motifs is 1. The van der Waals surface area contributed by atoms with Gasteiger partial charge in [-0.3, -0.25) is 0 Å². The van der Waals surface area contributed by atoms with Crippen LogP contribution in [0.4, 0.5) is 0 Å². The van der Waals surface area contributed by atoms with E-state index in [0.717, 1.165) is 39.9 Å². The van der Waals surface area contributed by atoms with Gasteiger partial charge >= 0.3 is 0 Å². The van der Waals surface area contributed by atoms with Crippen molar-refractivity contribution in [3.63, 3.8) is 0 Å². The van der Waals surface area contributed by atoms with Gasteiger partial charge < -0.3 is 10.5 Å². The van der Waals surface area contributed by atoms with Crippen LogP contribution in [0.1, 0.15) is 25.8 Å². The zero-order chi connectivity index (χ0) is 13.8. The van der Waals surface area contributed by atoms with Gasteiger partial charge in [0.2, 0.25) is 0 Å². The van der Waals surface area contributed by atoms with Crippen LogP contribution in [-0.2, 0) is 6.42 Å². The van der Waals surface area contributed by atoms with Crippen molar-refractivity contribution in [3.05, 3.63) is 40.9 Å². The fraction of sp³-hybridized carbons (Fsp3) is 0.375. The first-order valence-electron chi connectivity index (χ1n) is 6.75. The maximum absolute atomic E-state index is 6.36. The van der Waals surface area contributed by atoms with Crippen LogP contribution < -0.4 is 10.5 Å². The Labute approximate surface area is 119 Å². The minimum atomic E-state index is 0.136. The van der Waals surface area contributed by atoms with E-state index in [4.69, 9.17) is 22.1 Å². The van der Waals surface area contributed by atoms with Crippen LogP contribution in [-0.4, -0.2) is 12.6 Å². The maximum Gasteiger partial charge on any atom is 0.130 e. The Morgan fingerprint density at radius 3 is 2.53 bits per heavy atom. The second-order valence-corrected chi connectivity index (χ2v) is 5.10. The molecule has 2 aromatic rings. The molecule has 0 aliphatic rings. The van der Waals surface area contributed by atoms with E-state index in [1.165, 1.54) is 0 Å². The second-order valence-electron chi connectivity index (χ2n) is 4.70. The lowest BCUT2D eigenvalue weighted by Gasteiger charge is -2.17. The summed E-state index contributed by atoms with van der Waals surface area (Å²) in [4.78, 5) is 0. The summed E-state index contributed by atoms with van der Waals surface area (Å²) < 4.78 is 5.84. The van der Waals surface area contributed by atoms with Crippen LogP contribution in [0.2, 0.25) is 5.02 Å². The molecule has 0 saturated heterocycles. The predicted molar refractivity (Wildman–Crippen MR) is 82.1 cm³/mol. The highest BCUT2D eigenvalue weighted by Gasteiger charge is 2.14. The zero-order valence-electron chi connectivity index (χ0n) is 11.4. The molecule has 102 valence electrons.